The van der Waals surface area contributed by atoms with Crippen LogP contribution < -0.4 is 5.32 Å². The summed E-state index contributed by atoms with van der Waals surface area (Å²) in [5.74, 6) is -0.517. The molecule has 1 aliphatic rings. The molecule has 0 radical (unpaired) electrons. The Kier molecular flexibility index (Phi) is 4.06. The van der Waals surface area contributed by atoms with Crippen molar-refractivity contribution in [1.29, 1.82) is 0 Å². The highest BCUT2D eigenvalue weighted by Gasteiger charge is 2.21. The van der Waals surface area contributed by atoms with Gasteiger partial charge < -0.3 is 5.32 Å². The van der Waals surface area contributed by atoms with Crippen LogP contribution in [0.4, 0.5) is 4.39 Å². The molecule has 1 aliphatic carbocycles. The van der Waals surface area contributed by atoms with Gasteiger partial charge >= 0.3 is 0 Å². The Balaban J connectivity index is 1.71. The Bertz CT molecular complexity index is 686. The van der Waals surface area contributed by atoms with Gasteiger partial charge in [0.25, 0.3) is 5.91 Å². The average Bonchev–Trinajstić information content (AvgIpc) is 2.47. The number of aryl methyl sites for hydroxylation is 1. The standard InChI is InChI=1S/C17H15BrFNO/c18-16-10-13(19)6-8-15(16)17(21)20-14-7-5-11-3-1-2-4-12(11)9-14/h1-4,6,8,10,14H,5,7,9H2,(H,20,21). The lowest BCUT2D eigenvalue weighted by atomic mass is 9.88. The van der Waals surface area contributed by atoms with Crippen molar-refractivity contribution in [2.75, 3.05) is 0 Å². The maximum Gasteiger partial charge on any atom is 0.252 e. The third-order valence-corrected chi connectivity index (χ3v) is 4.51. The van der Waals surface area contributed by atoms with Crippen molar-refractivity contribution >= 4 is 21.8 Å². The van der Waals surface area contributed by atoms with Crippen molar-refractivity contribution in [3.8, 4) is 0 Å². The van der Waals surface area contributed by atoms with E-state index in [2.05, 4.69) is 33.4 Å². The maximum absolute atomic E-state index is 13.1. The second-order valence-corrected chi connectivity index (χ2v) is 6.16. The van der Waals surface area contributed by atoms with Crippen molar-refractivity contribution < 1.29 is 9.18 Å². The Morgan fingerprint density at radius 1 is 1.19 bits per heavy atom. The molecule has 4 heteroatoms. The normalized spacial score (nSPS) is 17.1. The first-order chi connectivity index (χ1) is 10.1. The molecule has 1 unspecified atom stereocenters. The van der Waals surface area contributed by atoms with E-state index in [4.69, 9.17) is 0 Å². The summed E-state index contributed by atoms with van der Waals surface area (Å²) in [6.07, 6.45) is 2.76. The molecule has 1 atom stereocenters. The van der Waals surface area contributed by atoms with Crippen LogP contribution in [0.15, 0.2) is 46.9 Å². The summed E-state index contributed by atoms with van der Waals surface area (Å²) in [5, 5.41) is 3.04. The first-order valence-electron chi connectivity index (χ1n) is 6.96. The van der Waals surface area contributed by atoms with Crippen molar-refractivity contribution in [3.05, 3.63) is 69.4 Å². The smallest absolute Gasteiger partial charge is 0.252 e. The molecule has 0 saturated heterocycles. The molecule has 0 fully saturated rings. The van der Waals surface area contributed by atoms with Crippen molar-refractivity contribution in [2.24, 2.45) is 0 Å². The van der Waals surface area contributed by atoms with Gasteiger partial charge in [0, 0.05) is 10.5 Å². The molecule has 2 aromatic carbocycles. The van der Waals surface area contributed by atoms with Crippen LogP contribution in [-0.2, 0) is 12.8 Å². The number of carbonyl (C=O) groups excluding carboxylic acids is 1. The third-order valence-electron chi connectivity index (χ3n) is 3.86. The first-order valence-corrected chi connectivity index (χ1v) is 7.75. The van der Waals surface area contributed by atoms with Crippen LogP contribution in [0.1, 0.15) is 27.9 Å². The summed E-state index contributed by atoms with van der Waals surface area (Å²) in [7, 11) is 0. The molecule has 21 heavy (non-hydrogen) atoms. The van der Waals surface area contributed by atoms with Crippen LogP contribution in [-0.4, -0.2) is 11.9 Å². The SMILES string of the molecule is O=C(NC1CCc2ccccc2C1)c1ccc(F)cc1Br. The van der Waals surface area contributed by atoms with E-state index in [0.29, 0.717) is 10.0 Å². The van der Waals surface area contributed by atoms with Gasteiger partial charge in [-0.15, -0.1) is 0 Å². The van der Waals surface area contributed by atoms with Crippen LogP contribution >= 0.6 is 15.9 Å². The average molecular weight is 348 g/mol. The van der Waals surface area contributed by atoms with Gasteiger partial charge in [-0.25, -0.2) is 4.39 Å². The van der Waals surface area contributed by atoms with Gasteiger partial charge in [-0.3, -0.25) is 4.79 Å². The van der Waals surface area contributed by atoms with Crippen LogP contribution in [0.25, 0.3) is 0 Å². The lowest BCUT2D eigenvalue weighted by Crippen LogP contribution is -2.39. The van der Waals surface area contributed by atoms with Crippen LogP contribution in [0, 0.1) is 5.82 Å². The zero-order valence-electron chi connectivity index (χ0n) is 11.4. The number of fused-ring (bicyclic) bond motifs is 1. The molecule has 0 heterocycles. The minimum absolute atomic E-state index is 0.129. The highest BCUT2D eigenvalue weighted by Crippen LogP contribution is 2.22. The Labute approximate surface area is 131 Å². The second kappa shape index (κ2) is 5.98. The molecule has 0 bridgehead atoms. The molecule has 3 rings (SSSR count). The van der Waals surface area contributed by atoms with Gasteiger partial charge in [0.05, 0.1) is 5.56 Å². The van der Waals surface area contributed by atoms with E-state index < -0.39 is 0 Å². The van der Waals surface area contributed by atoms with Gasteiger partial charge in [-0.05, 0) is 64.5 Å². The van der Waals surface area contributed by atoms with E-state index in [1.807, 2.05) is 12.1 Å². The maximum atomic E-state index is 13.1. The minimum Gasteiger partial charge on any atom is -0.349 e. The van der Waals surface area contributed by atoms with Gasteiger partial charge in [-0.2, -0.15) is 0 Å². The molecular formula is C17H15BrFNO. The fourth-order valence-electron chi connectivity index (χ4n) is 2.76. The fourth-order valence-corrected chi connectivity index (χ4v) is 3.29. The summed E-state index contributed by atoms with van der Waals surface area (Å²) in [6.45, 7) is 0. The van der Waals surface area contributed by atoms with Gasteiger partial charge in [0.1, 0.15) is 5.82 Å². The van der Waals surface area contributed by atoms with Crippen molar-refractivity contribution in [3.63, 3.8) is 0 Å². The first kappa shape index (κ1) is 14.3. The quantitative estimate of drug-likeness (QED) is 0.877. The summed E-state index contributed by atoms with van der Waals surface area (Å²) in [5.41, 5.74) is 3.13. The van der Waals surface area contributed by atoms with E-state index in [1.54, 1.807) is 0 Å². The summed E-state index contributed by atoms with van der Waals surface area (Å²) in [4.78, 5) is 12.3. The molecule has 0 aliphatic heterocycles. The predicted octanol–water partition coefficient (Wildman–Crippen LogP) is 3.88. The highest BCUT2D eigenvalue weighted by molar-refractivity contribution is 9.10. The van der Waals surface area contributed by atoms with E-state index in [9.17, 15) is 9.18 Å². The Hall–Kier alpha value is -1.68. The van der Waals surface area contributed by atoms with Gasteiger partial charge in [-0.1, -0.05) is 24.3 Å². The van der Waals surface area contributed by atoms with Crippen LogP contribution in [0.3, 0.4) is 0 Å². The number of benzene rings is 2. The van der Waals surface area contributed by atoms with Crippen LogP contribution in [0.5, 0.6) is 0 Å². The minimum atomic E-state index is -0.356. The third kappa shape index (κ3) is 3.16. The van der Waals surface area contributed by atoms with Crippen molar-refractivity contribution in [2.45, 2.75) is 25.3 Å². The molecule has 0 aromatic heterocycles. The number of carbonyl (C=O) groups is 1. The largest absolute Gasteiger partial charge is 0.349 e. The zero-order chi connectivity index (χ0) is 14.8. The fraction of sp³-hybridized carbons (Fsp3) is 0.235. The molecule has 108 valence electrons. The second-order valence-electron chi connectivity index (χ2n) is 5.31. The molecule has 2 aromatic rings. The lowest BCUT2D eigenvalue weighted by molar-refractivity contribution is 0.0933. The number of rotatable bonds is 2. The number of hydrogen-bond donors (Lipinski definition) is 1. The van der Waals surface area contributed by atoms with Crippen molar-refractivity contribution in [1.82, 2.24) is 5.32 Å². The van der Waals surface area contributed by atoms with E-state index in [0.717, 1.165) is 19.3 Å². The number of hydrogen-bond acceptors (Lipinski definition) is 1. The highest BCUT2D eigenvalue weighted by atomic mass is 79.9. The summed E-state index contributed by atoms with van der Waals surface area (Å²) >= 11 is 3.24. The Morgan fingerprint density at radius 2 is 1.95 bits per heavy atom. The number of halogens is 2. The molecule has 0 spiro atoms. The van der Waals surface area contributed by atoms with E-state index >= 15 is 0 Å². The zero-order valence-corrected chi connectivity index (χ0v) is 13.0. The molecule has 2 nitrogen and oxygen atoms in total. The predicted molar refractivity (Wildman–Crippen MR) is 83.8 cm³/mol. The molecule has 1 amide bonds. The molecule has 1 N–H and O–H groups in total. The Morgan fingerprint density at radius 3 is 2.71 bits per heavy atom. The molecular weight excluding hydrogens is 333 g/mol. The van der Waals surface area contributed by atoms with Gasteiger partial charge in [0.2, 0.25) is 0 Å². The van der Waals surface area contributed by atoms with E-state index in [1.165, 1.54) is 29.3 Å². The monoisotopic (exact) mass is 347 g/mol. The summed E-state index contributed by atoms with van der Waals surface area (Å²) < 4.78 is 13.6. The van der Waals surface area contributed by atoms with Crippen LogP contribution in [0.2, 0.25) is 0 Å². The number of nitrogens with one attached hydrogen (secondary N) is 1. The van der Waals surface area contributed by atoms with E-state index in [-0.39, 0.29) is 17.8 Å². The lowest BCUT2D eigenvalue weighted by Gasteiger charge is -2.25. The summed E-state index contributed by atoms with van der Waals surface area (Å²) in [6, 6.07) is 12.6. The number of amides is 1. The molecule has 0 saturated carbocycles. The van der Waals surface area contributed by atoms with Gasteiger partial charge in [0.15, 0.2) is 0 Å². The topological polar surface area (TPSA) is 29.1 Å².